The monoisotopic (exact) mass is 431 g/mol. The second kappa shape index (κ2) is 9.95. The molecule has 1 amide bonds. The van der Waals surface area contributed by atoms with E-state index < -0.39 is 10.0 Å². The van der Waals surface area contributed by atoms with Crippen LogP contribution in [-0.2, 0) is 21.4 Å². The average Bonchev–Trinajstić information content (AvgIpc) is 3.24. The predicted molar refractivity (Wildman–Crippen MR) is 117 cm³/mol. The van der Waals surface area contributed by atoms with Crippen LogP contribution in [0.4, 0.5) is 5.69 Å². The van der Waals surface area contributed by atoms with E-state index in [2.05, 4.69) is 10.6 Å². The zero-order valence-electron chi connectivity index (χ0n) is 17.4. The highest BCUT2D eigenvalue weighted by Gasteiger charge is 2.21. The van der Waals surface area contributed by atoms with Gasteiger partial charge in [0.15, 0.2) is 0 Å². The first-order valence-electron chi connectivity index (χ1n) is 10.1. The van der Waals surface area contributed by atoms with Gasteiger partial charge in [-0.15, -0.1) is 0 Å². The van der Waals surface area contributed by atoms with Crippen molar-refractivity contribution in [3.63, 3.8) is 0 Å². The highest BCUT2D eigenvalue weighted by Crippen LogP contribution is 2.25. The van der Waals surface area contributed by atoms with E-state index in [1.54, 1.807) is 24.3 Å². The van der Waals surface area contributed by atoms with E-state index >= 15 is 0 Å². The van der Waals surface area contributed by atoms with Gasteiger partial charge in [-0.25, -0.2) is 12.7 Å². The Morgan fingerprint density at radius 3 is 2.57 bits per heavy atom. The molecule has 0 aromatic heterocycles. The molecule has 0 heterocycles. The molecule has 0 spiro atoms. The van der Waals surface area contributed by atoms with Crippen LogP contribution < -0.4 is 15.4 Å². The molecule has 0 atom stereocenters. The summed E-state index contributed by atoms with van der Waals surface area (Å²) in [5, 5.41) is 5.87. The molecule has 2 aromatic carbocycles. The highest BCUT2D eigenvalue weighted by molar-refractivity contribution is 7.89. The summed E-state index contributed by atoms with van der Waals surface area (Å²) in [4.78, 5) is 12.5. The van der Waals surface area contributed by atoms with Crippen molar-refractivity contribution >= 4 is 21.6 Å². The van der Waals surface area contributed by atoms with Gasteiger partial charge < -0.3 is 15.4 Å². The summed E-state index contributed by atoms with van der Waals surface area (Å²) in [6.07, 6.45) is 4.88. The number of ether oxygens (including phenoxy) is 1. The van der Waals surface area contributed by atoms with E-state index in [4.69, 9.17) is 4.74 Å². The van der Waals surface area contributed by atoms with Gasteiger partial charge in [0.1, 0.15) is 5.75 Å². The third-order valence-corrected chi connectivity index (χ3v) is 7.01. The molecule has 1 fully saturated rings. The van der Waals surface area contributed by atoms with Crippen molar-refractivity contribution in [1.82, 2.24) is 9.62 Å². The Labute approximate surface area is 178 Å². The Kier molecular flexibility index (Phi) is 7.33. The van der Waals surface area contributed by atoms with Crippen LogP contribution in [0.5, 0.6) is 5.75 Å². The highest BCUT2D eigenvalue weighted by atomic mass is 32.2. The first-order chi connectivity index (χ1) is 14.4. The smallest absolute Gasteiger partial charge is 0.242 e. The number of sulfonamides is 1. The van der Waals surface area contributed by atoms with Crippen LogP contribution in [0, 0.1) is 0 Å². The molecule has 3 rings (SSSR count). The maximum atomic E-state index is 12.5. The van der Waals surface area contributed by atoms with Crippen molar-refractivity contribution in [2.75, 3.05) is 26.0 Å². The lowest BCUT2D eigenvalue weighted by Crippen LogP contribution is -2.30. The Morgan fingerprint density at radius 2 is 1.83 bits per heavy atom. The van der Waals surface area contributed by atoms with Gasteiger partial charge in [-0.05, 0) is 49.4 Å². The third kappa shape index (κ3) is 5.73. The lowest BCUT2D eigenvalue weighted by atomic mass is 10.2. The van der Waals surface area contributed by atoms with Gasteiger partial charge in [0, 0.05) is 32.4 Å². The summed E-state index contributed by atoms with van der Waals surface area (Å²) < 4.78 is 32.1. The summed E-state index contributed by atoms with van der Waals surface area (Å²) in [5.41, 5.74) is 1.35. The van der Waals surface area contributed by atoms with E-state index in [1.807, 2.05) is 24.3 Å². The van der Waals surface area contributed by atoms with E-state index in [0.29, 0.717) is 5.56 Å². The molecule has 162 valence electrons. The summed E-state index contributed by atoms with van der Waals surface area (Å²) in [7, 11) is -0.603. The first kappa shape index (κ1) is 22.1. The molecular formula is C22H29N3O4S. The maximum absolute atomic E-state index is 12.5. The van der Waals surface area contributed by atoms with E-state index in [0.717, 1.165) is 28.6 Å². The molecule has 2 N–H and O–H groups in total. The van der Waals surface area contributed by atoms with E-state index in [9.17, 15) is 13.2 Å². The summed E-state index contributed by atoms with van der Waals surface area (Å²) >= 11 is 0. The quantitative estimate of drug-likeness (QED) is 0.637. The van der Waals surface area contributed by atoms with Crippen molar-refractivity contribution in [3.05, 3.63) is 54.1 Å². The summed E-state index contributed by atoms with van der Waals surface area (Å²) in [6.45, 7) is 0.212. The second-order valence-corrected chi connectivity index (χ2v) is 9.70. The minimum Gasteiger partial charge on any atom is -0.490 e. The zero-order chi connectivity index (χ0) is 21.6. The third-order valence-electron chi connectivity index (χ3n) is 5.10. The maximum Gasteiger partial charge on any atom is 0.242 e. The van der Waals surface area contributed by atoms with Gasteiger partial charge in [-0.1, -0.05) is 24.3 Å². The summed E-state index contributed by atoms with van der Waals surface area (Å²) in [6, 6.07) is 14.3. The second-order valence-electron chi connectivity index (χ2n) is 7.58. The van der Waals surface area contributed by atoms with E-state index in [1.165, 1.54) is 26.9 Å². The number of carbonyl (C=O) groups is 1. The molecule has 7 nitrogen and oxygen atoms in total. The van der Waals surface area contributed by atoms with Crippen molar-refractivity contribution in [3.8, 4) is 5.75 Å². The van der Waals surface area contributed by atoms with Gasteiger partial charge >= 0.3 is 0 Å². The normalized spacial score (nSPS) is 14.6. The minimum atomic E-state index is -3.57. The SMILES string of the molecule is CN(C)S(=O)(=O)c1ccccc1CNC(=O)CNc1cccc(OC2CCCC2)c1. The Morgan fingerprint density at radius 1 is 1.10 bits per heavy atom. The summed E-state index contributed by atoms with van der Waals surface area (Å²) in [5.74, 6) is 0.573. The van der Waals surface area contributed by atoms with Crippen LogP contribution in [0.2, 0.25) is 0 Å². The number of hydrogen-bond acceptors (Lipinski definition) is 5. The Hall–Kier alpha value is -2.58. The molecule has 30 heavy (non-hydrogen) atoms. The molecule has 1 aliphatic rings. The molecule has 1 aliphatic carbocycles. The fourth-order valence-electron chi connectivity index (χ4n) is 3.41. The van der Waals surface area contributed by atoms with Crippen molar-refractivity contribution in [1.29, 1.82) is 0 Å². The van der Waals surface area contributed by atoms with Crippen LogP contribution in [0.1, 0.15) is 31.2 Å². The van der Waals surface area contributed by atoms with Gasteiger partial charge in [-0.2, -0.15) is 0 Å². The lowest BCUT2D eigenvalue weighted by Gasteiger charge is -2.16. The number of nitrogens with zero attached hydrogens (tertiary/aromatic N) is 1. The number of anilines is 1. The Balaban J connectivity index is 1.54. The molecule has 2 aromatic rings. The molecular weight excluding hydrogens is 402 g/mol. The zero-order valence-corrected chi connectivity index (χ0v) is 18.2. The molecule has 0 bridgehead atoms. The molecule has 1 saturated carbocycles. The number of rotatable bonds is 9. The fraction of sp³-hybridized carbons (Fsp3) is 0.409. The van der Waals surface area contributed by atoms with Crippen LogP contribution in [0.25, 0.3) is 0 Å². The van der Waals surface area contributed by atoms with Gasteiger partial charge in [0.25, 0.3) is 0 Å². The van der Waals surface area contributed by atoms with Crippen molar-refractivity contribution < 1.29 is 17.9 Å². The number of carbonyl (C=O) groups excluding carboxylic acids is 1. The largest absolute Gasteiger partial charge is 0.490 e. The van der Waals surface area contributed by atoms with Gasteiger partial charge in [-0.3, -0.25) is 4.79 Å². The van der Waals surface area contributed by atoms with Crippen LogP contribution in [0.3, 0.4) is 0 Å². The first-order valence-corrected chi connectivity index (χ1v) is 11.6. The van der Waals surface area contributed by atoms with Gasteiger partial charge in [0.05, 0.1) is 17.5 Å². The lowest BCUT2D eigenvalue weighted by molar-refractivity contribution is -0.119. The van der Waals surface area contributed by atoms with Crippen LogP contribution >= 0.6 is 0 Å². The minimum absolute atomic E-state index is 0.0788. The molecule has 8 heteroatoms. The average molecular weight is 432 g/mol. The van der Waals surface area contributed by atoms with Crippen molar-refractivity contribution in [2.24, 2.45) is 0 Å². The molecule has 0 unspecified atom stereocenters. The Bertz CT molecular complexity index is 970. The van der Waals surface area contributed by atoms with Crippen molar-refractivity contribution in [2.45, 2.75) is 43.2 Å². The fourth-order valence-corrected chi connectivity index (χ4v) is 4.53. The molecule has 0 saturated heterocycles. The topological polar surface area (TPSA) is 87.7 Å². The number of hydrogen-bond donors (Lipinski definition) is 2. The number of benzene rings is 2. The van der Waals surface area contributed by atoms with E-state index in [-0.39, 0.29) is 30.0 Å². The predicted octanol–water partition coefficient (Wildman–Crippen LogP) is 2.99. The standard InChI is InChI=1S/C22H29N3O4S/c1-25(2)30(27,28)21-13-6-3-8-17(21)15-24-22(26)16-23-18-9-7-12-20(14-18)29-19-10-4-5-11-19/h3,6-9,12-14,19,23H,4-5,10-11,15-16H2,1-2H3,(H,24,26). The molecule has 0 aliphatic heterocycles. The number of amides is 1. The van der Waals surface area contributed by atoms with Crippen LogP contribution in [0.15, 0.2) is 53.4 Å². The van der Waals surface area contributed by atoms with Crippen LogP contribution in [-0.4, -0.2) is 45.4 Å². The number of nitrogens with one attached hydrogen (secondary N) is 2. The van der Waals surface area contributed by atoms with Gasteiger partial charge in [0.2, 0.25) is 15.9 Å². The molecule has 0 radical (unpaired) electrons.